The number of esters is 1. The molecule has 0 amide bonds. The van der Waals surface area contributed by atoms with Crippen LogP contribution in [-0.2, 0) is 29.6 Å². The second kappa shape index (κ2) is 4.66. The number of carbonyl (C=O) groups excluding carboxylic acids is 2. The van der Waals surface area contributed by atoms with Gasteiger partial charge in [-0.2, -0.15) is 0 Å². The molecule has 0 aromatic heterocycles. The lowest BCUT2D eigenvalue weighted by Crippen LogP contribution is -2.37. The summed E-state index contributed by atoms with van der Waals surface area (Å²) in [7, 11) is 0. The molecule has 6 atom stereocenters. The van der Waals surface area contributed by atoms with Gasteiger partial charge in [-0.1, -0.05) is 13.8 Å². The first-order valence-corrected chi connectivity index (χ1v) is 7.93. The topological polar surface area (TPSA) is 69.7 Å². The summed E-state index contributed by atoms with van der Waals surface area (Å²) in [5.74, 6) is -0.260. The van der Waals surface area contributed by atoms with Crippen molar-refractivity contribution in [2.24, 2.45) is 17.8 Å². The molecule has 0 N–H and O–H groups in total. The molecule has 2 saturated carbocycles. The summed E-state index contributed by atoms with van der Waals surface area (Å²) < 4.78 is 22.9. The summed E-state index contributed by atoms with van der Waals surface area (Å²) in [6, 6.07) is 0. The van der Waals surface area contributed by atoms with Crippen LogP contribution in [0.3, 0.4) is 0 Å². The van der Waals surface area contributed by atoms with Gasteiger partial charge < -0.3 is 4.74 Å². The minimum absolute atomic E-state index is 0.0363. The highest BCUT2D eigenvalue weighted by molar-refractivity contribution is 7.82. The zero-order valence-corrected chi connectivity index (χ0v) is 11.9. The van der Waals surface area contributed by atoms with E-state index in [1.165, 1.54) is 0 Å². The average molecular weight is 286 g/mol. The van der Waals surface area contributed by atoms with Gasteiger partial charge in [0.25, 0.3) is 0 Å². The van der Waals surface area contributed by atoms with Crippen molar-refractivity contribution >= 4 is 22.8 Å². The van der Waals surface area contributed by atoms with Gasteiger partial charge in [0.05, 0.1) is 5.92 Å². The molecule has 0 spiro atoms. The third-order valence-corrected chi connectivity index (χ3v) is 5.83. The van der Waals surface area contributed by atoms with E-state index in [9.17, 15) is 13.8 Å². The normalized spacial score (nSPS) is 44.5. The van der Waals surface area contributed by atoms with E-state index in [-0.39, 0.29) is 41.7 Å². The molecule has 6 unspecified atom stereocenters. The second-order valence-corrected chi connectivity index (χ2v) is 7.18. The van der Waals surface area contributed by atoms with Crippen LogP contribution >= 0.6 is 0 Å². The second-order valence-electron chi connectivity index (χ2n) is 5.96. The van der Waals surface area contributed by atoms with Crippen molar-refractivity contribution in [1.29, 1.82) is 0 Å². The molecule has 106 valence electrons. The SMILES string of the molecule is CC(C)C(=O)OC1C2CCC(=O)C3C(C2)C1OS3=O. The number of ketones is 1. The van der Waals surface area contributed by atoms with Crippen LogP contribution in [0.4, 0.5) is 0 Å². The van der Waals surface area contributed by atoms with Crippen LogP contribution in [-0.4, -0.2) is 33.4 Å². The Bertz CT molecular complexity index is 446. The Labute approximate surface area is 114 Å². The molecule has 19 heavy (non-hydrogen) atoms. The summed E-state index contributed by atoms with van der Waals surface area (Å²) in [4.78, 5) is 23.7. The molecular weight excluding hydrogens is 268 g/mol. The van der Waals surface area contributed by atoms with Crippen LogP contribution < -0.4 is 0 Å². The largest absolute Gasteiger partial charge is 0.459 e. The Morgan fingerprint density at radius 2 is 2.21 bits per heavy atom. The van der Waals surface area contributed by atoms with E-state index in [0.29, 0.717) is 12.8 Å². The quantitative estimate of drug-likeness (QED) is 0.708. The summed E-state index contributed by atoms with van der Waals surface area (Å²) >= 11 is -1.56. The fourth-order valence-electron chi connectivity index (χ4n) is 3.40. The van der Waals surface area contributed by atoms with Crippen molar-refractivity contribution in [2.75, 3.05) is 0 Å². The summed E-state index contributed by atoms with van der Waals surface area (Å²) in [6.45, 7) is 3.57. The molecule has 1 aliphatic heterocycles. The Balaban J connectivity index is 1.84. The average Bonchev–Trinajstić information content (AvgIpc) is 2.76. The Hall–Kier alpha value is -0.750. The van der Waals surface area contributed by atoms with Gasteiger partial charge in [0, 0.05) is 12.3 Å². The van der Waals surface area contributed by atoms with Gasteiger partial charge in [-0.15, -0.1) is 0 Å². The number of fused-ring (bicyclic) bond motifs is 1. The predicted molar refractivity (Wildman–Crippen MR) is 67.4 cm³/mol. The minimum Gasteiger partial charge on any atom is -0.459 e. The molecule has 3 aliphatic rings. The van der Waals surface area contributed by atoms with Crippen LogP contribution in [0.15, 0.2) is 0 Å². The lowest BCUT2D eigenvalue weighted by molar-refractivity contribution is -0.159. The van der Waals surface area contributed by atoms with Crippen LogP contribution in [0.2, 0.25) is 0 Å². The molecule has 2 aliphatic carbocycles. The van der Waals surface area contributed by atoms with E-state index in [1.807, 2.05) is 0 Å². The first-order valence-electron chi connectivity index (χ1n) is 6.80. The molecule has 5 nitrogen and oxygen atoms in total. The van der Waals surface area contributed by atoms with E-state index in [0.717, 1.165) is 6.42 Å². The Morgan fingerprint density at radius 3 is 2.89 bits per heavy atom. The first-order chi connectivity index (χ1) is 8.99. The molecule has 3 rings (SSSR count). The zero-order valence-electron chi connectivity index (χ0n) is 11.0. The van der Waals surface area contributed by atoms with E-state index in [4.69, 9.17) is 8.92 Å². The highest BCUT2D eigenvalue weighted by Crippen LogP contribution is 2.48. The molecule has 0 aromatic rings. The maximum atomic E-state index is 11.9. The number of hydrogen-bond donors (Lipinski definition) is 0. The number of Topliss-reactive ketones (excluding diaryl/α,β-unsaturated/α-hetero) is 1. The van der Waals surface area contributed by atoms with Crippen LogP contribution in [0.25, 0.3) is 0 Å². The van der Waals surface area contributed by atoms with Crippen LogP contribution in [0.5, 0.6) is 0 Å². The lowest BCUT2D eigenvalue weighted by atomic mass is 9.95. The fraction of sp³-hybridized carbons (Fsp3) is 0.846. The Kier molecular flexibility index (Phi) is 3.25. The van der Waals surface area contributed by atoms with Crippen molar-refractivity contribution in [3.05, 3.63) is 0 Å². The zero-order chi connectivity index (χ0) is 13.7. The highest BCUT2D eigenvalue weighted by Gasteiger charge is 2.59. The summed E-state index contributed by atoms with van der Waals surface area (Å²) in [5, 5.41) is -0.502. The van der Waals surface area contributed by atoms with Crippen LogP contribution in [0.1, 0.15) is 33.1 Å². The minimum atomic E-state index is -1.56. The van der Waals surface area contributed by atoms with Gasteiger partial charge in [0.1, 0.15) is 17.5 Å². The third kappa shape index (κ3) is 2.05. The summed E-state index contributed by atoms with van der Waals surface area (Å²) in [6.07, 6.45) is 1.22. The number of ether oxygens (including phenoxy) is 1. The van der Waals surface area contributed by atoms with Crippen molar-refractivity contribution in [1.82, 2.24) is 0 Å². The third-order valence-electron chi connectivity index (χ3n) is 4.39. The molecule has 0 aromatic carbocycles. The lowest BCUT2D eigenvalue weighted by Gasteiger charge is -2.24. The molecule has 0 radical (unpaired) electrons. The maximum Gasteiger partial charge on any atom is 0.308 e. The van der Waals surface area contributed by atoms with E-state index < -0.39 is 16.3 Å². The standard InChI is InChI=1S/C13H18O5S/c1-6(2)13(15)17-10-7-3-4-9(14)12-8(5-7)11(10)18-19(12)16/h6-8,10-12H,3-5H2,1-2H3. The molecular formula is C13H18O5S. The van der Waals surface area contributed by atoms with Crippen molar-refractivity contribution in [3.8, 4) is 0 Å². The van der Waals surface area contributed by atoms with E-state index in [2.05, 4.69) is 0 Å². The highest BCUT2D eigenvalue weighted by atomic mass is 32.2. The number of rotatable bonds is 2. The molecule has 1 saturated heterocycles. The molecule has 1 heterocycles. The van der Waals surface area contributed by atoms with Gasteiger partial charge in [-0.25, -0.2) is 4.21 Å². The van der Waals surface area contributed by atoms with Gasteiger partial charge in [0.15, 0.2) is 16.9 Å². The number of carbonyl (C=O) groups is 2. The van der Waals surface area contributed by atoms with Crippen molar-refractivity contribution < 1.29 is 22.7 Å². The van der Waals surface area contributed by atoms with Crippen LogP contribution in [0, 0.1) is 17.8 Å². The van der Waals surface area contributed by atoms with E-state index >= 15 is 0 Å². The van der Waals surface area contributed by atoms with E-state index in [1.54, 1.807) is 13.8 Å². The predicted octanol–water partition coefficient (Wildman–Crippen LogP) is 0.984. The van der Waals surface area contributed by atoms with Gasteiger partial charge in [0.2, 0.25) is 0 Å². The maximum absolute atomic E-state index is 11.9. The summed E-state index contributed by atoms with van der Waals surface area (Å²) in [5.41, 5.74) is 0. The van der Waals surface area contributed by atoms with Crippen molar-refractivity contribution in [3.63, 3.8) is 0 Å². The van der Waals surface area contributed by atoms with Gasteiger partial charge >= 0.3 is 5.97 Å². The van der Waals surface area contributed by atoms with Crippen molar-refractivity contribution in [2.45, 2.75) is 50.6 Å². The molecule has 6 heteroatoms. The van der Waals surface area contributed by atoms with Gasteiger partial charge in [-0.05, 0) is 18.8 Å². The monoisotopic (exact) mass is 286 g/mol. The van der Waals surface area contributed by atoms with Gasteiger partial charge in [-0.3, -0.25) is 13.8 Å². The fourth-order valence-corrected chi connectivity index (χ4v) is 4.87. The smallest absolute Gasteiger partial charge is 0.308 e. The number of hydrogen-bond acceptors (Lipinski definition) is 5. The Morgan fingerprint density at radius 1 is 1.47 bits per heavy atom. The molecule has 3 fully saturated rings. The first kappa shape index (κ1) is 13.2. The molecule has 2 bridgehead atoms.